The Balaban J connectivity index is 1.75. The van der Waals surface area contributed by atoms with E-state index in [4.69, 9.17) is 0 Å². The van der Waals surface area contributed by atoms with Gasteiger partial charge in [0.1, 0.15) is 5.69 Å². The molecule has 124 valence electrons. The lowest BCUT2D eigenvalue weighted by Crippen LogP contribution is -2.36. The van der Waals surface area contributed by atoms with Gasteiger partial charge in [-0.3, -0.25) is 9.59 Å². The van der Waals surface area contributed by atoms with Gasteiger partial charge >= 0.3 is 0 Å². The number of aromatic amines is 1. The highest BCUT2D eigenvalue weighted by atomic mass is 79.9. The smallest absolute Gasteiger partial charge is 0.274 e. The van der Waals surface area contributed by atoms with Crippen molar-refractivity contribution in [3.05, 3.63) is 50.8 Å². The highest BCUT2D eigenvalue weighted by Gasteiger charge is 2.30. The Hall–Kier alpha value is -1.88. The van der Waals surface area contributed by atoms with Crippen LogP contribution in [0.2, 0.25) is 0 Å². The van der Waals surface area contributed by atoms with Crippen LogP contribution >= 0.6 is 15.9 Å². The Morgan fingerprint density at radius 3 is 2.83 bits per heavy atom. The van der Waals surface area contributed by atoms with Crippen molar-refractivity contribution in [3.8, 4) is 0 Å². The fourth-order valence-corrected chi connectivity index (χ4v) is 4.31. The zero-order valence-corrected chi connectivity index (χ0v) is 15.2. The zero-order chi connectivity index (χ0) is 16.8. The summed E-state index contributed by atoms with van der Waals surface area (Å²) in [4.78, 5) is 30.5. The molecule has 0 atom stereocenters. The van der Waals surface area contributed by atoms with Crippen molar-refractivity contribution < 1.29 is 9.59 Å². The number of fused-ring (bicyclic) bond motifs is 2. The Morgan fingerprint density at radius 1 is 1.21 bits per heavy atom. The monoisotopic (exact) mass is 386 g/mol. The lowest BCUT2D eigenvalue weighted by atomic mass is 9.93. The first kappa shape index (κ1) is 15.6. The number of amides is 1. The van der Waals surface area contributed by atoms with Crippen LogP contribution in [0, 0.1) is 6.92 Å². The number of hydrogen-bond donors (Lipinski definition) is 1. The van der Waals surface area contributed by atoms with Gasteiger partial charge in [-0.1, -0.05) is 15.9 Å². The largest absolute Gasteiger partial charge is 0.354 e. The number of nitrogens with zero attached hydrogens (tertiary/aromatic N) is 1. The quantitative estimate of drug-likeness (QED) is 0.798. The number of anilines is 1. The van der Waals surface area contributed by atoms with Crippen LogP contribution in [-0.4, -0.2) is 23.2 Å². The summed E-state index contributed by atoms with van der Waals surface area (Å²) in [5, 5.41) is 0. The van der Waals surface area contributed by atoms with Gasteiger partial charge in [-0.05, 0) is 61.9 Å². The van der Waals surface area contributed by atoms with E-state index in [2.05, 4.69) is 27.0 Å². The molecule has 0 saturated carbocycles. The lowest BCUT2D eigenvalue weighted by Gasteiger charge is -2.29. The molecule has 2 heterocycles. The predicted molar refractivity (Wildman–Crippen MR) is 96.9 cm³/mol. The van der Waals surface area contributed by atoms with Crippen LogP contribution in [0.4, 0.5) is 5.69 Å². The van der Waals surface area contributed by atoms with E-state index in [0.29, 0.717) is 18.7 Å². The minimum atomic E-state index is -0.0297. The summed E-state index contributed by atoms with van der Waals surface area (Å²) in [5.74, 6) is 0.130. The molecule has 0 fully saturated rings. The van der Waals surface area contributed by atoms with Crippen molar-refractivity contribution in [2.45, 2.75) is 39.0 Å². The fraction of sp³-hybridized carbons (Fsp3) is 0.368. The number of aryl methyl sites for hydroxylation is 2. The van der Waals surface area contributed by atoms with E-state index in [0.717, 1.165) is 52.7 Å². The molecule has 4 rings (SSSR count). The summed E-state index contributed by atoms with van der Waals surface area (Å²) in [6.07, 6.45) is 4.23. The Morgan fingerprint density at radius 2 is 2.04 bits per heavy atom. The Bertz CT molecular complexity index is 853. The van der Waals surface area contributed by atoms with Crippen LogP contribution in [-0.2, 0) is 12.8 Å². The van der Waals surface area contributed by atoms with E-state index < -0.39 is 0 Å². The van der Waals surface area contributed by atoms with Gasteiger partial charge < -0.3 is 9.88 Å². The first-order chi connectivity index (χ1) is 11.6. The van der Waals surface area contributed by atoms with Crippen molar-refractivity contribution in [1.82, 2.24) is 4.98 Å². The normalized spacial score (nSPS) is 16.8. The van der Waals surface area contributed by atoms with Crippen LogP contribution in [0.25, 0.3) is 0 Å². The Kier molecular flexibility index (Phi) is 3.83. The molecule has 2 aliphatic rings. The first-order valence-corrected chi connectivity index (χ1v) is 9.20. The average molecular weight is 387 g/mol. The number of hydrogen-bond acceptors (Lipinski definition) is 2. The van der Waals surface area contributed by atoms with Gasteiger partial charge in [-0.15, -0.1) is 0 Å². The van der Waals surface area contributed by atoms with Gasteiger partial charge in [-0.2, -0.15) is 0 Å². The van der Waals surface area contributed by atoms with E-state index >= 15 is 0 Å². The number of aromatic nitrogens is 1. The van der Waals surface area contributed by atoms with Gasteiger partial charge in [0.05, 0.1) is 0 Å². The van der Waals surface area contributed by atoms with Gasteiger partial charge in [0.2, 0.25) is 0 Å². The number of halogens is 1. The third kappa shape index (κ3) is 2.42. The molecule has 0 bridgehead atoms. The summed E-state index contributed by atoms with van der Waals surface area (Å²) in [7, 11) is 0. The van der Waals surface area contributed by atoms with Crippen LogP contribution in [0.5, 0.6) is 0 Å². The molecule has 4 nitrogen and oxygen atoms in total. The number of carbonyl (C=O) groups is 2. The topological polar surface area (TPSA) is 53.2 Å². The van der Waals surface area contributed by atoms with E-state index in [1.165, 1.54) is 5.56 Å². The molecular formula is C19H19BrN2O2. The standard InChI is InChI=1S/C19H19BrN2O2/c1-11-17-14(5-2-6-16(17)23)21-18(11)19(24)22-9-3-4-12-10-13(20)7-8-15(12)22/h7-8,10,21H,2-6,9H2,1H3. The second-order valence-electron chi connectivity index (χ2n) is 6.59. The van der Waals surface area contributed by atoms with Gasteiger partial charge in [0, 0.05) is 34.4 Å². The first-order valence-electron chi connectivity index (χ1n) is 8.41. The molecule has 24 heavy (non-hydrogen) atoms. The maximum absolute atomic E-state index is 13.2. The summed E-state index contributed by atoms with van der Waals surface area (Å²) in [5.41, 5.74) is 5.23. The molecule has 1 aliphatic heterocycles. The predicted octanol–water partition coefficient (Wildman–Crippen LogP) is 4.20. The molecule has 1 aromatic heterocycles. The molecule has 0 spiro atoms. The van der Waals surface area contributed by atoms with E-state index in [-0.39, 0.29) is 11.7 Å². The summed E-state index contributed by atoms with van der Waals surface area (Å²) in [6, 6.07) is 6.06. The van der Waals surface area contributed by atoms with Crippen molar-refractivity contribution >= 4 is 33.3 Å². The number of benzene rings is 1. The maximum Gasteiger partial charge on any atom is 0.274 e. The fourth-order valence-electron chi connectivity index (χ4n) is 3.90. The van der Waals surface area contributed by atoms with Crippen LogP contribution in [0.3, 0.4) is 0 Å². The molecule has 0 unspecified atom stereocenters. The van der Waals surface area contributed by atoms with Crippen LogP contribution in [0.1, 0.15) is 56.9 Å². The van der Waals surface area contributed by atoms with Crippen molar-refractivity contribution in [2.24, 2.45) is 0 Å². The van der Waals surface area contributed by atoms with E-state index in [9.17, 15) is 9.59 Å². The van der Waals surface area contributed by atoms with E-state index in [1.54, 1.807) is 0 Å². The van der Waals surface area contributed by atoms with Crippen molar-refractivity contribution in [1.29, 1.82) is 0 Å². The van der Waals surface area contributed by atoms with Crippen LogP contribution in [0.15, 0.2) is 22.7 Å². The second kappa shape index (κ2) is 5.88. The number of ketones is 1. The SMILES string of the molecule is Cc1c(C(=O)N2CCCc3cc(Br)ccc32)[nH]c2c1C(=O)CCC2. The van der Waals surface area contributed by atoms with Crippen molar-refractivity contribution in [3.63, 3.8) is 0 Å². The average Bonchev–Trinajstić information content (AvgIpc) is 2.91. The number of nitrogens with one attached hydrogen (secondary N) is 1. The molecular weight excluding hydrogens is 368 g/mol. The van der Waals surface area contributed by atoms with Gasteiger partial charge in [-0.25, -0.2) is 0 Å². The van der Waals surface area contributed by atoms with Crippen LogP contribution < -0.4 is 4.90 Å². The maximum atomic E-state index is 13.2. The Labute approximate surface area is 149 Å². The number of H-pyrrole nitrogens is 1. The minimum Gasteiger partial charge on any atom is -0.354 e. The molecule has 1 aliphatic carbocycles. The van der Waals surface area contributed by atoms with Gasteiger partial charge in [0.15, 0.2) is 5.78 Å². The summed E-state index contributed by atoms with van der Waals surface area (Å²) < 4.78 is 1.03. The third-order valence-corrected chi connectivity index (χ3v) is 5.55. The molecule has 1 amide bonds. The zero-order valence-electron chi connectivity index (χ0n) is 13.6. The molecule has 1 aromatic carbocycles. The lowest BCUT2D eigenvalue weighted by molar-refractivity contribution is 0.0969. The molecule has 0 radical (unpaired) electrons. The molecule has 0 saturated heterocycles. The molecule has 1 N–H and O–H groups in total. The van der Waals surface area contributed by atoms with Crippen molar-refractivity contribution in [2.75, 3.05) is 11.4 Å². The molecule has 2 aromatic rings. The summed E-state index contributed by atoms with van der Waals surface area (Å²) in [6.45, 7) is 2.60. The second-order valence-corrected chi connectivity index (χ2v) is 7.50. The van der Waals surface area contributed by atoms with E-state index in [1.807, 2.05) is 24.0 Å². The highest BCUT2D eigenvalue weighted by molar-refractivity contribution is 9.10. The summed E-state index contributed by atoms with van der Waals surface area (Å²) >= 11 is 3.50. The van der Waals surface area contributed by atoms with Gasteiger partial charge in [0.25, 0.3) is 5.91 Å². The molecule has 5 heteroatoms. The highest BCUT2D eigenvalue weighted by Crippen LogP contribution is 2.33. The third-order valence-electron chi connectivity index (χ3n) is 5.06. The number of Topliss-reactive ketones (excluding diaryl/α,β-unsaturated/α-hetero) is 1. The number of rotatable bonds is 1. The minimum absolute atomic E-state index is 0.0297. The number of carbonyl (C=O) groups excluding carboxylic acids is 2.